The van der Waals surface area contributed by atoms with Gasteiger partial charge in [0, 0.05) is 0 Å². The zero-order chi connectivity index (χ0) is 51.9. The molecule has 0 saturated carbocycles. The van der Waals surface area contributed by atoms with Crippen LogP contribution < -0.4 is 0 Å². The fraction of sp³-hybridized carbons (Fsp3) is 1.00. The second kappa shape index (κ2) is 44.5. The Morgan fingerprint density at radius 3 is 0.450 bits per heavy atom. The van der Waals surface area contributed by atoms with Gasteiger partial charge in [0.05, 0.1) is 0 Å². The maximum absolute atomic E-state index is 10.2. The second-order valence-electron chi connectivity index (χ2n) is 20.9. The first-order valence-corrected chi connectivity index (χ1v) is 52.8. The Balaban J connectivity index is -0.0000000589. The lowest BCUT2D eigenvalue weighted by Gasteiger charge is -2.23. The van der Waals surface area contributed by atoms with E-state index >= 15 is 0 Å². The first-order valence-electron chi connectivity index (χ1n) is 22.4. The summed E-state index contributed by atoms with van der Waals surface area (Å²) in [4.78, 5) is 105. The van der Waals surface area contributed by atoms with E-state index in [1.54, 1.807) is 13.8 Å². The van der Waals surface area contributed by atoms with Gasteiger partial charge < -0.3 is 57.5 Å². The highest BCUT2D eigenvalue weighted by Gasteiger charge is 2.27. The summed E-state index contributed by atoms with van der Waals surface area (Å²) in [6, 6.07) is 7.45. The molecular formula is C38H116O12Si10. The summed E-state index contributed by atoms with van der Waals surface area (Å²) in [5.41, 5.74) is 0. The molecule has 0 aliphatic carbocycles. The fourth-order valence-electron chi connectivity index (χ4n) is 2.77. The normalized spacial score (nSPS) is 11.8. The summed E-state index contributed by atoms with van der Waals surface area (Å²) in [6.07, 6.45) is 3.47. The van der Waals surface area contributed by atoms with Gasteiger partial charge >= 0.3 is 17.1 Å². The van der Waals surface area contributed by atoms with E-state index in [0.717, 1.165) is 55.5 Å². The zero-order valence-corrected chi connectivity index (χ0v) is 55.4. The van der Waals surface area contributed by atoms with Gasteiger partial charge in [-0.25, -0.2) is 0 Å². The molecule has 380 valence electrons. The Bertz CT molecular complexity index is 672. The molecule has 0 rings (SSSR count). The SMILES string of the molecule is CCC[Si](O)(CCC)CCC.CC[Si](O)(CC)CC.CC[Si](O)(O)CC.C[SiH](C)O.C[Si](C)(C)O.C[Si](C)(C)O.C[Si](C)(C)O.C[Si](C)(C)O.C[Si](C)(C)O.C[Si](C)(O)O. The van der Waals surface area contributed by atoms with Crippen LogP contribution in [-0.4, -0.2) is 142 Å². The van der Waals surface area contributed by atoms with Gasteiger partial charge in [0.15, 0.2) is 67.3 Å². The second-order valence-corrected chi connectivity index (χ2v) is 59.7. The van der Waals surface area contributed by atoms with Crippen molar-refractivity contribution in [2.45, 2.75) is 247 Å². The highest BCUT2D eigenvalue weighted by Crippen LogP contribution is 2.22. The molecule has 0 atom stereocenters. The van der Waals surface area contributed by atoms with Crippen molar-refractivity contribution in [3.05, 3.63) is 0 Å². The van der Waals surface area contributed by atoms with Crippen LogP contribution in [0.25, 0.3) is 0 Å². The molecule has 0 aromatic carbocycles. The molecule has 22 heteroatoms. The molecule has 0 aromatic heterocycles. The third-order valence-corrected chi connectivity index (χ3v) is 15.8. The standard InChI is InChI=1S/C9H22OSi.C6H16OSi.C4H12O2Si.5C3H10OSi.C2H8O2Si.C2H8OSi/c1-4-7-11(10,8-5-2)9-6-3;1-4-8(7,5-2)6-3;1-3-7(5,6)4-2;6*1-5(2,3)4;1-4(2)3/h10H,4-9H2,1-3H3;7H,4-6H2,1-3H3;5-6H,3-4H2,1-2H3;5*4H,1-3H3;3-4H,1-2H3;3-4H,1-2H3. The summed E-state index contributed by atoms with van der Waals surface area (Å²) < 4.78 is 0. The van der Waals surface area contributed by atoms with E-state index in [0.29, 0.717) is 12.1 Å². The Hall–Kier alpha value is 1.69. The molecule has 0 heterocycles. The highest BCUT2D eigenvalue weighted by molar-refractivity contribution is 6.73. The van der Waals surface area contributed by atoms with Crippen molar-refractivity contribution in [3.8, 4) is 0 Å². The monoisotopic (exact) mass is 1040 g/mol. The van der Waals surface area contributed by atoms with Crippen LogP contribution in [0.2, 0.25) is 173 Å². The molecule has 60 heavy (non-hydrogen) atoms. The van der Waals surface area contributed by atoms with Crippen molar-refractivity contribution in [3.63, 3.8) is 0 Å². The van der Waals surface area contributed by atoms with Gasteiger partial charge in [-0.1, -0.05) is 74.7 Å². The Morgan fingerprint density at radius 1 is 0.300 bits per heavy atom. The summed E-state index contributed by atoms with van der Waals surface area (Å²) in [6.45, 7) is 51.2. The van der Waals surface area contributed by atoms with Crippen LogP contribution >= 0.6 is 0 Å². The predicted molar refractivity (Wildman–Crippen MR) is 295 cm³/mol. The van der Waals surface area contributed by atoms with Crippen molar-refractivity contribution in [2.75, 3.05) is 0 Å². The van der Waals surface area contributed by atoms with Gasteiger partial charge in [0.1, 0.15) is 0 Å². The Kier molecular flexibility index (Phi) is 63.1. The molecule has 0 fully saturated rings. The van der Waals surface area contributed by atoms with E-state index < -0.39 is 84.4 Å². The van der Waals surface area contributed by atoms with E-state index in [2.05, 4.69) is 41.5 Å². The molecule has 0 spiro atoms. The van der Waals surface area contributed by atoms with Gasteiger partial charge in [-0.2, -0.15) is 0 Å². The Labute approximate surface area is 387 Å². The average molecular weight is 1050 g/mol. The molecule has 0 unspecified atom stereocenters. The molecule has 0 saturated heterocycles. The average Bonchev–Trinajstić information content (AvgIpc) is 2.92. The highest BCUT2D eigenvalue weighted by atomic mass is 28.4. The lowest BCUT2D eigenvalue weighted by Crippen LogP contribution is -2.33. The van der Waals surface area contributed by atoms with Gasteiger partial charge in [-0.05, 0) is 173 Å². The lowest BCUT2D eigenvalue weighted by atomic mass is 10.6. The quantitative estimate of drug-likeness (QED) is 0.0867. The van der Waals surface area contributed by atoms with E-state index in [9.17, 15) is 9.59 Å². The molecule has 0 aliphatic heterocycles. The van der Waals surface area contributed by atoms with Crippen molar-refractivity contribution in [2.24, 2.45) is 0 Å². The van der Waals surface area contributed by atoms with Crippen molar-refractivity contribution in [1.82, 2.24) is 0 Å². The summed E-state index contributed by atoms with van der Waals surface area (Å²) in [7, 11) is -17.9. The summed E-state index contributed by atoms with van der Waals surface area (Å²) >= 11 is 0. The predicted octanol–water partition coefficient (Wildman–Crippen LogP) is 9.29. The third-order valence-electron chi connectivity index (χ3n) is 5.25. The smallest absolute Gasteiger partial charge is 0.332 e. The molecule has 12 nitrogen and oxygen atoms in total. The van der Waals surface area contributed by atoms with Gasteiger partial charge in [0.25, 0.3) is 0 Å². The van der Waals surface area contributed by atoms with Crippen LogP contribution in [0.15, 0.2) is 0 Å². The largest absolute Gasteiger partial charge is 0.435 e. The number of hydrogen-bond donors (Lipinski definition) is 12. The maximum Gasteiger partial charge on any atom is 0.332 e. The first-order chi connectivity index (χ1) is 25.7. The molecule has 0 radical (unpaired) electrons. The van der Waals surface area contributed by atoms with Gasteiger partial charge in [-0.3, -0.25) is 0 Å². The molecule has 0 amide bonds. The molecule has 0 aliphatic rings. The van der Waals surface area contributed by atoms with Crippen molar-refractivity contribution in [1.29, 1.82) is 0 Å². The van der Waals surface area contributed by atoms with Crippen LogP contribution in [0, 0.1) is 0 Å². The maximum atomic E-state index is 10.2. The van der Waals surface area contributed by atoms with E-state index in [1.807, 2.05) is 111 Å². The molecular weight excluding hydrogens is 929 g/mol. The van der Waals surface area contributed by atoms with Crippen LogP contribution in [0.4, 0.5) is 0 Å². The summed E-state index contributed by atoms with van der Waals surface area (Å²) in [5.74, 6) is 0. The van der Waals surface area contributed by atoms with Crippen LogP contribution in [-0.2, 0) is 0 Å². The topological polar surface area (TPSA) is 243 Å². The summed E-state index contributed by atoms with van der Waals surface area (Å²) in [5, 5.41) is 0. The van der Waals surface area contributed by atoms with Gasteiger partial charge in [0.2, 0.25) is 0 Å². The minimum absolute atomic E-state index is 0.545. The van der Waals surface area contributed by atoms with E-state index in [4.69, 9.17) is 48.0 Å². The lowest BCUT2D eigenvalue weighted by molar-refractivity contribution is 0.362. The Morgan fingerprint density at radius 2 is 0.417 bits per heavy atom. The van der Waals surface area contributed by atoms with Crippen molar-refractivity contribution >= 4 is 84.4 Å². The molecule has 12 N–H and O–H groups in total. The zero-order valence-electron chi connectivity index (χ0n) is 45.2. The first kappa shape index (κ1) is 85.0. The fourth-order valence-corrected chi connectivity index (χ4v) is 8.31. The third kappa shape index (κ3) is 250. The van der Waals surface area contributed by atoms with Gasteiger partial charge in [-0.15, -0.1) is 0 Å². The van der Waals surface area contributed by atoms with Crippen LogP contribution in [0.3, 0.4) is 0 Å². The molecule has 0 bridgehead atoms. The molecule has 0 aromatic rings. The minimum Gasteiger partial charge on any atom is -0.435 e. The van der Waals surface area contributed by atoms with Crippen LogP contribution in [0.1, 0.15) is 74.7 Å². The van der Waals surface area contributed by atoms with E-state index in [1.165, 1.54) is 13.1 Å². The van der Waals surface area contributed by atoms with Crippen molar-refractivity contribution < 1.29 is 57.5 Å². The number of hydrogen-bond acceptors (Lipinski definition) is 12. The number of rotatable bonds is 11. The minimum atomic E-state index is -2.65. The van der Waals surface area contributed by atoms with Crippen LogP contribution in [0.5, 0.6) is 0 Å². The van der Waals surface area contributed by atoms with E-state index in [-0.39, 0.29) is 0 Å².